The number of ether oxygens (including phenoxy) is 1. The lowest BCUT2D eigenvalue weighted by Gasteiger charge is -2.20. The summed E-state index contributed by atoms with van der Waals surface area (Å²) in [5.41, 5.74) is 1.98. The van der Waals surface area contributed by atoms with Crippen LogP contribution in [0.3, 0.4) is 0 Å². The zero-order chi connectivity index (χ0) is 15.1. The van der Waals surface area contributed by atoms with E-state index >= 15 is 0 Å². The molecule has 106 valence electrons. The zero-order valence-electron chi connectivity index (χ0n) is 12.5. The highest BCUT2D eigenvalue weighted by atomic mass is 16.6. The van der Waals surface area contributed by atoms with Crippen molar-refractivity contribution in [3.8, 4) is 0 Å². The molecule has 0 fully saturated rings. The van der Waals surface area contributed by atoms with Gasteiger partial charge in [0, 0.05) is 6.54 Å². The number of nitrogens with zero attached hydrogens (tertiary/aromatic N) is 1. The number of allylic oxidation sites excluding steroid dienone is 2. The first kappa shape index (κ1) is 17.2. The van der Waals surface area contributed by atoms with Gasteiger partial charge in [0.2, 0.25) is 0 Å². The van der Waals surface area contributed by atoms with Gasteiger partial charge in [-0.1, -0.05) is 18.2 Å². The van der Waals surface area contributed by atoms with Crippen LogP contribution in [0.5, 0.6) is 0 Å². The second-order valence-corrected chi connectivity index (χ2v) is 5.18. The lowest BCUT2D eigenvalue weighted by molar-refractivity contribution is 0.0533. The summed E-state index contributed by atoms with van der Waals surface area (Å²) in [5.74, 6) is 0. The van der Waals surface area contributed by atoms with Crippen molar-refractivity contribution in [3.63, 3.8) is 0 Å². The van der Waals surface area contributed by atoms with Gasteiger partial charge in [0.05, 0.1) is 5.70 Å². The third-order valence-electron chi connectivity index (χ3n) is 2.17. The van der Waals surface area contributed by atoms with E-state index in [2.05, 4.69) is 23.6 Å². The molecule has 0 aromatic heterocycles. The maximum atomic E-state index is 11.6. The van der Waals surface area contributed by atoms with Crippen LogP contribution < -0.4 is 5.32 Å². The van der Waals surface area contributed by atoms with E-state index in [1.165, 1.54) is 0 Å². The van der Waals surface area contributed by atoms with Gasteiger partial charge in [-0.15, -0.1) is 0 Å². The number of amides is 1. The number of hydrogen-bond acceptors (Lipinski definition) is 3. The number of carbonyl (C=O) groups excluding carboxylic acids is 1. The predicted molar refractivity (Wildman–Crippen MR) is 80.4 cm³/mol. The van der Waals surface area contributed by atoms with Gasteiger partial charge >= 0.3 is 6.09 Å². The first-order chi connectivity index (χ1) is 8.69. The topological polar surface area (TPSA) is 50.7 Å². The Kier molecular flexibility index (Phi) is 6.83. The molecular weight excluding hydrogens is 240 g/mol. The van der Waals surface area contributed by atoms with Gasteiger partial charge in [0.25, 0.3) is 0 Å². The highest BCUT2D eigenvalue weighted by Gasteiger charge is 2.16. The van der Waals surface area contributed by atoms with Gasteiger partial charge in [-0.3, -0.25) is 4.99 Å². The highest BCUT2D eigenvalue weighted by molar-refractivity contribution is 5.68. The quantitative estimate of drug-likeness (QED) is 0.609. The normalized spacial score (nSPS) is 12.9. The van der Waals surface area contributed by atoms with Gasteiger partial charge in [-0.25, -0.2) is 4.79 Å². The van der Waals surface area contributed by atoms with Crippen LogP contribution in [0.25, 0.3) is 0 Å². The fraction of sp³-hybridized carbons (Fsp3) is 0.467. The Morgan fingerprint density at radius 1 is 1.42 bits per heavy atom. The molecule has 0 heterocycles. The summed E-state index contributed by atoms with van der Waals surface area (Å²) in [6.07, 6.45) is 3.23. The van der Waals surface area contributed by atoms with Crippen molar-refractivity contribution < 1.29 is 9.53 Å². The maximum absolute atomic E-state index is 11.6. The zero-order valence-corrected chi connectivity index (χ0v) is 12.5. The van der Waals surface area contributed by atoms with Crippen molar-refractivity contribution in [1.82, 2.24) is 5.32 Å². The molecule has 1 N–H and O–H groups in total. The van der Waals surface area contributed by atoms with Crippen LogP contribution in [-0.4, -0.2) is 25.0 Å². The number of hydrogen-bond donors (Lipinski definition) is 1. The van der Waals surface area contributed by atoms with Gasteiger partial charge < -0.3 is 10.1 Å². The number of rotatable bonds is 5. The smallest absolute Gasteiger partial charge is 0.407 e. The average Bonchev–Trinajstić information content (AvgIpc) is 2.26. The van der Waals surface area contributed by atoms with Crippen molar-refractivity contribution in [2.24, 2.45) is 4.99 Å². The molecule has 0 rings (SSSR count). The van der Waals surface area contributed by atoms with Gasteiger partial charge in [-0.2, -0.15) is 0 Å². The summed E-state index contributed by atoms with van der Waals surface area (Å²) in [7, 11) is 0. The number of alkyl carbamates (subject to hydrolysis) is 1. The Bertz CT molecular complexity index is 412. The van der Waals surface area contributed by atoms with Gasteiger partial charge in [0.15, 0.2) is 0 Å². The summed E-state index contributed by atoms with van der Waals surface area (Å²) in [6.45, 7) is 16.9. The summed E-state index contributed by atoms with van der Waals surface area (Å²) in [4.78, 5) is 15.4. The Hall–Kier alpha value is -1.84. The molecule has 0 bridgehead atoms. The number of nitrogens with one attached hydrogen (secondary N) is 1. The van der Waals surface area contributed by atoms with E-state index in [0.717, 1.165) is 16.8 Å². The molecule has 19 heavy (non-hydrogen) atoms. The third kappa shape index (κ3) is 7.97. The van der Waals surface area contributed by atoms with E-state index in [1.807, 2.05) is 46.8 Å². The van der Waals surface area contributed by atoms with E-state index in [1.54, 1.807) is 0 Å². The van der Waals surface area contributed by atoms with Crippen LogP contribution in [0, 0.1) is 0 Å². The second kappa shape index (κ2) is 7.56. The maximum Gasteiger partial charge on any atom is 0.407 e. The van der Waals surface area contributed by atoms with Crippen molar-refractivity contribution in [3.05, 3.63) is 35.6 Å². The molecular formula is C15H24N2O2. The molecule has 0 saturated carbocycles. The number of aliphatic imine (C=N–C) groups is 1. The van der Waals surface area contributed by atoms with E-state index in [0.29, 0.717) is 6.54 Å². The Labute approximate surface area is 115 Å². The van der Waals surface area contributed by atoms with E-state index in [-0.39, 0.29) is 0 Å². The molecule has 0 aliphatic rings. The Morgan fingerprint density at radius 2 is 2.00 bits per heavy atom. The molecule has 0 aromatic rings. The van der Waals surface area contributed by atoms with E-state index in [4.69, 9.17) is 4.74 Å². The minimum absolute atomic E-state index is 0.344. The first-order valence-corrected chi connectivity index (χ1v) is 6.16. The van der Waals surface area contributed by atoms with Crippen LogP contribution in [0.1, 0.15) is 34.6 Å². The molecule has 0 atom stereocenters. The molecule has 4 heteroatoms. The molecule has 0 radical (unpaired) electrons. The lowest BCUT2D eigenvalue weighted by Crippen LogP contribution is -2.33. The Balaban J connectivity index is 4.68. The van der Waals surface area contributed by atoms with Crippen LogP contribution in [0.2, 0.25) is 0 Å². The molecule has 0 aromatic carbocycles. The predicted octanol–water partition coefficient (Wildman–Crippen LogP) is 3.62. The van der Waals surface area contributed by atoms with Crippen LogP contribution in [0.15, 0.2) is 40.6 Å². The second-order valence-electron chi connectivity index (χ2n) is 5.18. The monoisotopic (exact) mass is 264 g/mol. The molecule has 0 aliphatic carbocycles. The molecule has 0 saturated heterocycles. The summed E-state index contributed by atoms with van der Waals surface area (Å²) in [5, 5.41) is 2.69. The minimum atomic E-state index is -0.506. The SMILES string of the molecule is C=NC(=C/C)/C=C(/CNC(=O)OC(C)(C)C)C(=C)C. The van der Waals surface area contributed by atoms with Crippen molar-refractivity contribution in [2.45, 2.75) is 40.2 Å². The summed E-state index contributed by atoms with van der Waals surface area (Å²) in [6, 6.07) is 0. The van der Waals surface area contributed by atoms with Crippen molar-refractivity contribution in [2.75, 3.05) is 6.54 Å². The van der Waals surface area contributed by atoms with Gasteiger partial charge in [0.1, 0.15) is 5.60 Å². The molecule has 0 aliphatic heterocycles. The standard InChI is InChI=1S/C15H24N2O2/c1-8-13(16-7)9-12(11(2)3)10-17-14(18)19-15(4,5)6/h8-9H,2,7,10H2,1,3-6H3,(H,17,18)/b12-9-,13-8+. The van der Waals surface area contributed by atoms with Gasteiger partial charge in [-0.05, 0) is 53.0 Å². The van der Waals surface area contributed by atoms with Crippen LogP contribution in [0.4, 0.5) is 4.79 Å². The molecule has 0 spiro atoms. The van der Waals surface area contributed by atoms with E-state index in [9.17, 15) is 4.79 Å². The van der Waals surface area contributed by atoms with E-state index < -0.39 is 11.7 Å². The summed E-state index contributed by atoms with van der Waals surface area (Å²) < 4.78 is 5.17. The molecule has 1 amide bonds. The van der Waals surface area contributed by atoms with Crippen molar-refractivity contribution in [1.29, 1.82) is 0 Å². The Morgan fingerprint density at radius 3 is 2.37 bits per heavy atom. The largest absolute Gasteiger partial charge is 0.444 e. The van der Waals surface area contributed by atoms with Crippen LogP contribution >= 0.6 is 0 Å². The fourth-order valence-corrected chi connectivity index (χ4v) is 1.21. The third-order valence-corrected chi connectivity index (χ3v) is 2.17. The number of carbonyl (C=O) groups is 1. The first-order valence-electron chi connectivity index (χ1n) is 6.16. The average molecular weight is 264 g/mol. The summed E-state index contributed by atoms with van der Waals surface area (Å²) >= 11 is 0. The molecule has 4 nitrogen and oxygen atoms in total. The minimum Gasteiger partial charge on any atom is -0.444 e. The van der Waals surface area contributed by atoms with Crippen LogP contribution in [-0.2, 0) is 4.74 Å². The highest BCUT2D eigenvalue weighted by Crippen LogP contribution is 2.11. The molecule has 0 unspecified atom stereocenters. The lowest BCUT2D eigenvalue weighted by atomic mass is 10.1. The van der Waals surface area contributed by atoms with Crippen molar-refractivity contribution >= 4 is 12.8 Å². The fourth-order valence-electron chi connectivity index (χ4n) is 1.21.